The highest BCUT2D eigenvalue weighted by molar-refractivity contribution is 5.90. The van der Waals surface area contributed by atoms with Gasteiger partial charge in [-0.05, 0) is 24.6 Å². The van der Waals surface area contributed by atoms with Crippen LogP contribution in [0.4, 0.5) is 5.69 Å². The van der Waals surface area contributed by atoms with Crippen molar-refractivity contribution >= 4 is 11.7 Å². The third kappa shape index (κ3) is 3.62. The first-order valence-corrected chi connectivity index (χ1v) is 5.20. The fourth-order valence-electron chi connectivity index (χ4n) is 1.28. The molecule has 0 heterocycles. The summed E-state index contributed by atoms with van der Waals surface area (Å²) in [5, 5.41) is 3.26. The van der Waals surface area contributed by atoms with Crippen molar-refractivity contribution in [3.63, 3.8) is 0 Å². The first kappa shape index (κ1) is 11.6. The first-order valence-electron chi connectivity index (χ1n) is 5.20. The molecule has 0 spiro atoms. The fourth-order valence-corrected chi connectivity index (χ4v) is 1.28. The molecule has 0 saturated heterocycles. The minimum absolute atomic E-state index is 0.297. The fraction of sp³-hybridized carbons (Fsp3) is 0.417. The summed E-state index contributed by atoms with van der Waals surface area (Å²) >= 11 is 0. The lowest BCUT2D eigenvalue weighted by atomic mass is 10.2. The number of hydrogen-bond acceptors (Lipinski definition) is 3. The van der Waals surface area contributed by atoms with Gasteiger partial charge in [0, 0.05) is 12.2 Å². The minimum Gasteiger partial charge on any atom is -0.465 e. The van der Waals surface area contributed by atoms with Crippen molar-refractivity contribution in [2.24, 2.45) is 0 Å². The van der Waals surface area contributed by atoms with Crippen molar-refractivity contribution < 1.29 is 9.53 Å². The number of benzene rings is 1. The molecule has 15 heavy (non-hydrogen) atoms. The molecule has 1 N–H and O–H groups in total. The van der Waals surface area contributed by atoms with Gasteiger partial charge in [0.2, 0.25) is 0 Å². The Morgan fingerprint density at radius 1 is 1.47 bits per heavy atom. The molecule has 0 saturated carbocycles. The van der Waals surface area contributed by atoms with E-state index in [0.717, 1.165) is 25.1 Å². The van der Waals surface area contributed by atoms with Crippen molar-refractivity contribution in [2.75, 3.05) is 19.0 Å². The third-order valence-corrected chi connectivity index (χ3v) is 2.14. The zero-order valence-electron chi connectivity index (χ0n) is 9.25. The predicted octanol–water partition coefficient (Wildman–Crippen LogP) is 2.69. The van der Waals surface area contributed by atoms with Crippen molar-refractivity contribution in [1.29, 1.82) is 0 Å². The van der Waals surface area contributed by atoms with Gasteiger partial charge >= 0.3 is 5.97 Å². The van der Waals surface area contributed by atoms with E-state index in [0.29, 0.717) is 5.56 Å². The summed E-state index contributed by atoms with van der Waals surface area (Å²) in [5.74, 6) is -0.297. The SMILES string of the molecule is CCCCNc1cccc(C(=O)OC)c1. The zero-order chi connectivity index (χ0) is 11.1. The van der Waals surface area contributed by atoms with Gasteiger partial charge in [-0.2, -0.15) is 0 Å². The van der Waals surface area contributed by atoms with Crippen LogP contribution in [0, 0.1) is 0 Å². The van der Waals surface area contributed by atoms with E-state index in [-0.39, 0.29) is 5.97 Å². The van der Waals surface area contributed by atoms with Gasteiger partial charge in [-0.25, -0.2) is 4.79 Å². The van der Waals surface area contributed by atoms with Crippen LogP contribution in [0.3, 0.4) is 0 Å². The molecule has 3 nitrogen and oxygen atoms in total. The second-order valence-corrected chi connectivity index (χ2v) is 3.35. The van der Waals surface area contributed by atoms with E-state index in [9.17, 15) is 4.79 Å². The van der Waals surface area contributed by atoms with Crippen LogP contribution in [-0.4, -0.2) is 19.6 Å². The number of unbranched alkanes of at least 4 members (excludes halogenated alkanes) is 1. The van der Waals surface area contributed by atoms with Crippen LogP contribution >= 0.6 is 0 Å². The van der Waals surface area contributed by atoms with Crippen LogP contribution in [0.25, 0.3) is 0 Å². The lowest BCUT2D eigenvalue weighted by Gasteiger charge is -2.06. The van der Waals surface area contributed by atoms with Gasteiger partial charge in [-0.1, -0.05) is 19.4 Å². The minimum atomic E-state index is -0.297. The molecule has 0 amide bonds. The average Bonchev–Trinajstić information content (AvgIpc) is 2.29. The van der Waals surface area contributed by atoms with Gasteiger partial charge in [0.15, 0.2) is 0 Å². The Morgan fingerprint density at radius 3 is 2.93 bits per heavy atom. The molecule has 0 bridgehead atoms. The molecule has 1 aromatic rings. The Hall–Kier alpha value is -1.51. The van der Waals surface area contributed by atoms with E-state index in [4.69, 9.17) is 0 Å². The molecule has 0 fully saturated rings. The summed E-state index contributed by atoms with van der Waals surface area (Å²) in [6.45, 7) is 3.08. The number of hydrogen-bond donors (Lipinski definition) is 1. The number of methoxy groups -OCH3 is 1. The van der Waals surface area contributed by atoms with Gasteiger partial charge in [-0.15, -0.1) is 0 Å². The molecule has 0 radical (unpaired) electrons. The Morgan fingerprint density at radius 2 is 2.27 bits per heavy atom. The Labute approximate surface area is 90.4 Å². The molecule has 0 atom stereocenters. The molecule has 0 aliphatic heterocycles. The lowest BCUT2D eigenvalue weighted by molar-refractivity contribution is 0.0601. The van der Waals surface area contributed by atoms with Gasteiger partial charge < -0.3 is 10.1 Å². The summed E-state index contributed by atoms with van der Waals surface area (Å²) in [4.78, 5) is 11.2. The normalized spacial score (nSPS) is 9.73. The van der Waals surface area contributed by atoms with Crippen LogP contribution in [0.15, 0.2) is 24.3 Å². The number of esters is 1. The lowest BCUT2D eigenvalue weighted by Crippen LogP contribution is -2.04. The van der Waals surface area contributed by atoms with Gasteiger partial charge in [-0.3, -0.25) is 0 Å². The molecule has 0 aliphatic carbocycles. The zero-order valence-corrected chi connectivity index (χ0v) is 9.25. The monoisotopic (exact) mass is 207 g/mol. The maximum absolute atomic E-state index is 11.2. The molecule has 1 aromatic carbocycles. The second kappa shape index (κ2) is 6.06. The third-order valence-electron chi connectivity index (χ3n) is 2.14. The van der Waals surface area contributed by atoms with E-state index in [1.807, 2.05) is 18.2 Å². The van der Waals surface area contributed by atoms with Gasteiger partial charge in [0.1, 0.15) is 0 Å². The van der Waals surface area contributed by atoms with E-state index >= 15 is 0 Å². The standard InChI is InChI=1S/C12H17NO2/c1-3-4-8-13-11-7-5-6-10(9-11)12(14)15-2/h5-7,9,13H,3-4,8H2,1-2H3. The highest BCUT2D eigenvalue weighted by Gasteiger charge is 2.04. The van der Waals surface area contributed by atoms with Gasteiger partial charge in [0.25, 0.3) is 0 Å². The van der Waals surface area contributed by atoms with E-state index in [2.05, 4.69) is 17.0 Å². The van der Waals surface area contributed by atoms with Crippen LogP contribution in [0.5, 0.6) is 0 Å². The van der Waals surface area contributed by atoms with E-state index < -0.39 is 0 Å². The highest BCUT2D eigenvalue weighted by atomic mass is 16.5. The number of rotatable bonds is 5. The van der Waals surface area contributed by atoms with Crippen LogP contribution in [0.2, 0.25) is 0 Å². The maximum atomic E-state index is 11.2. The van der Waals surface area contributed by atoms with Crippen molar-refractivity contribution in [2.45, 2.75) is 19.8 Å². The van der Waals surface area contributed by atoms with Gasteiger partial charge in [0.05, 0.1) is 12.7 Å². The van der Waals surface area contributed by atoms with E-state index in [1.165, 1.54) is 7.11 Å². The molecular weight excluding hydrogens is 190 g/mol. The van der Waals surface area contributed by atoms with Crippen LogP contribution < -0.4 is 5.32 Å². The Balaban J connectivity index is 2.62. The van der Waals surface area contributed by atoms with Crippen molar-refractivity contribution in [3.8, 4) is 0 Å². The summed E-state index contributed by atoms with van der Waals surface area (Å²) in [6.07, 6.45) is 2.28. The molecule has 3 heteroatoms. The Kier molecular flexibility index (Phi) is 4.68. The van der Waals surface area contributed by atoms with Crippen LogP contribution in [-0.2, 0) is 4.74 Å². The highest BCUT2D eigenvalue weighted by Crippen LogP contribution is 2.11. The number of carbonyl (C=O) groups is 1. The second-order valence-electron chi connectivity index (χ2n) is 3.35. The number of nitrogens with one attached hydrogen (secondary N) is 1. The van der Waals surface area contributed by atoms with E-state index in [1.54, 1.807) is 6.07 Å². The maximum Gasteiger partial charge on any atom is 0.337 e. The van der Waals surface area contributed by atoms with Crippen molar-refractivity contribution in [1.82, 2.24) is 0 Å². The molecule has 1 rings (SSSR count). The Bertz CT molecular complexity index is 323. The first-order chi connectivity index (χ1) is 7.27. The smallest absolute Gasteiger partial charge is 0.337 e. The predicted molar refractivity (Wildman–Crippen MR) is 61.2 cm³/mol. The summed E-state index contributed by atoms with van der Waals surface area (Å²) in [5.41, 5.74) is 1.55. The topological polar surface area (TPSA) is 38.3 Å². The summed E-state index contributed by atoms with van der Waals surface area (Å²) in [7, 11) is 1.39. The number of carbonyl (C=O) groups excluding carboxylic acids is 1. The molecular formula is C12H17NO2. The summed E-state index contributed by atoms with van der Waals surface area (Å²) in [6, 6.07) is 7.35. The van der Waals surface area contributed by atoms with Crippen LogP contribution in [0.1, 0.15) is 30.1 Å². The summed E-state index contributed by atoms with van der Waals surface area (Å²) < 4.78 is 4.65. The largest absolute Gasteiger partial charge is 0.465 e. The number of anilines is 1. The molecule has 0 aromatic heterocycles. The molecule has 0 aliphatic rings. The average molecular weight is 207 g/mol. The molecule has 0 unspecified atom stereocenters. The van der Waals surface area contributed by atoms with Crippen molar-refractivity contribution in [3.05, 3.63) is 29.8 Å². The number of ether oxygens (including phenoxy) is 1. The molecule has 82 valence electrons. The quantitative estimate of drug-likeness (QED) is 0.596.